The molecule has 0 atom stereocenters. The predicted octanol–water partition coefficient (Wildman–Crippen LogP) is 2.83. The lowest BCUT2D eigenvalue weighted by atomic mass is 10.1. The van der Waals surface area contributed by atoms with Gasteiger partial charge in [0.2, 0.25) is 0 Å². The maximum atomic E-state index is 12.1. The van der Waals surface area contributed by atoms with Crippen LogP contribution >= 0.6 is 0 Å². The average Bonchev–Trinajstić information content (AvgIpc) is 2.45. The normalized spacial score (nSPS) is 11.0. The summed E-state index contributed by atoms with van der Waals surface area (Å²) in [7, 11) is 1.21. The van der Waals surface area contributed by atoms with Crippen LogP contribution in [0.15, 0.2) is 36.8 Å². The third kappa shape index (κ3) is 3.68. The summed E-state index contributed by atoms with van der Waals surface area (Å²) in [5, 5.41) is 0. The van der Waals surface area contributed by atoms with E-state index in [1.807, 2.05) is 0 Å². The van der Waals surface area contributed by atoms with Crippen molar-refractivity contribution in [1.29, 1.82) is 0 Å². The van der Waals surface area contributed by atoms with Gasteiger partial charge in [-0.15, -0.1) is 13.2 Å². The van der Waals surface area contributed by atoms with E-state index in [4.69, 9.17) is 0 Å². The second-order valence-corrected chi connectivity index (χ2v) is 3.85. The summed E-state index contributed by atoms with van der Waals surface area (Å²) < 4.78 is 44.6. The van der Waals surface area contributed by atoms with Crippen LogP contribution in [0.4, 0.5) is 13.2 Å². The minimum absolute atomic E-state index is 0.115. The van der Waals surface area contributed by atoms with Gasteiger partial charge < -0.3 is 9.47 Å². The van der Waals surface area contributed by atoms with E-state index in [2.05, 4.69) is 19.4 Å². The van der Waals surface area contributed by atoms with Crippen LogP contribution in [-0.2, 0) is 4.74 Å². The van der Waals surface area contributed by atoms with E-state index in [9.17, 15) is 18.0 Å². The van der Waals surface area contributed by atoms with E-state index >= 15 is 0 Å². The number of carbonyl (C=O) groups is 1. The van der Waals surface area contributed by atoms with Crippen molar-refractivity contribution in [3.63, 3.8) is 0 Å². The number of ether oxygens (including phenoxy) is 2. The molecule has 0 saturated heterocycles. The van der Waals surface area contributed by atoms with Crippen LogP contribution in [-0.4, -0.2) is 29.4 Å². The molecule has 0 saturated carbocycles. The van der Waals surface area contributed by atoms with Crippen LogP contribution in [0.5, 0.6) is 5.75 Å². The summed E-state index contributed by atoms with van der Waals surface area (Å²) in [4.78, 5) is 19.3. The van der Waals surface area contributed by atoms with Crippen molar-refractivity contribution >= 4 is 5.97 Å². The number of halogens is 3. The summed E-state index contributed by atoms with van der Waals surface area (Å²) in [6.45, 7) is 0. The van der Waals surface area contributed by atoms with Crippen LogP contribution < -0.4 is 4.74 Å². The molecular formula is C13H9F3N2O3. The van der Waals surface area contributed by atoms with Crippen LogP contribution in [0.25, 0.3) is 11.3 Å². The lowest BCUT2D eigenvalue weighted by molar-refractivity contribution is -0.274. The first kappa shape index (κ1) is 14.8. The van der Waals surface area contributed by atoms with Crippen LogP contribution in [0.1, 0.15) is 10.4 Å². The van der Waals surface area contributed by atoms with Crippen LogP contribution in [0, 0.1) is 0 Å². The molecule has 21 heavy (non-hydrogen) atoms. The third-order valence-corrected chi connectivity index (χ3v) is 2.48. The van der Waals surface area contributed by atoms with Gasteiger partial charge in [0.1, 0.15) is 17.6 Å². The molecule has 2 aromatic rings. The predicted molar refractivity (Wildman–Crippen MR) is 65.5 cm³/mol. The number of hydrogen-bond acceptors (Lipinski definition) is 5. The number of methoxy groups -OCH3 is 1. The number of rotatable bonds is 3. The smallest absolute Gasteiger partial charge is 0.465 e. The molecule has 8 heteroatoms. The Labute approximate surface area is 117 Å². The minimum atomic E-state index is -4.76. The number of alkyl halides is 3. The maximum absolute atomic E-state index is 12.1. The second-order valence-electron chi connectivity index (χ2n) is 3.85. The highest BCUT2D eigenvalue weighted by Crippen LogP contribution is 2.27. The fourth-order valence-corrected chi connectivity index (χ4v) is 1.63. The van der Waals surface area contributed by atoms with E-state index < -0.39 is 12.3 Å². The van der Waals surface area contributed by atoms with E-state index in [-0.39, 0.29) is 17.0 Å². The molecule has 5 nitrogen and oxygen atoms in total. The number of benzene rings is 1. The number of nitrogens with zero attached hydrogens (tertiary/aromatic N) is 2. The first-order valence-corrected chi connectivity index (χ1v) is 5.65. The Morgan fingerprint density at radius 1 is 1.19 bits per heavy atom. The molecule has 0 spiro atoms. The van der Waals surface area contributed by atoms with Gasteiger partial charge in [0.15, 0.2) is 0 Å². The molecule has 0 N–H and O–H groups in total. The number of esters is 1. The number of carbonyl (C=O) groups excluding carboxylic acids is 1. The quantitative estimate of drug-likeness (QED) is 0.815. The van der Waals surface area contributed by atoms with Crippen molar-refractivity contribution in [3.8, 4) is 17.0 Å². The van der Waals surface area contributed by atoms with Gasteiger partial charge in [0.05, 0.1) is 12.8 Å². The average molecular weight is 298 g/mol. The molecule has 0 aliphatic heterocycles. The van der Waals surface area contributed by atoms with Crippen molar-refractivity contribution in [1.82, 2.24) is 9.97 Å². The fourth-order valence-electron chi connectivity index (χ4n) is 1.63. The zero-order valence-corrected chi connectivity index (χ0v) is 10.7. The van der Waals surface area contributed by atoms with Gasteiger partial charge in [0.25, 0.3) is 0 Å². The van der Waals surface area contributed by atoms with Crippen LogP contribution in [0.3, 0.4) is 0 Å². The molecule has 0 fully saturated rings. The molecule has 0 bridgehead atoms. The highest BCUT2D eigenvalue weighted by molar-refractivity contribution is 5.95. The Morgan fingerprint density at radius 2 is 1.86 bits per heavy atom. The van der Waals surface area contributed by atoms with E-state index in [0.29, 0.717) is 5.56 Å². The first-order chi connectivity index (χ1) is 9.90. The zero-order valence-electron chi connectivity index (χ0n) is 10.7. The molecule has 0 aliphatic carbocycles. The molecule has 0 amide bonds. The van der Waals surface area contributed by atoms with E-state index in [1.54, 1.807) is 0 Å². The SMILES string of the molecule is COC(=O)c1cncnc1-c1ccc(OC(F)(F)F)cc1. The molecule has 1 heterocycles. The Balaban J connectivity index is 2.33. The van der Waals surface area contributed by atoms with Crippen molar-refractivity contribution in [3.05, 3.63) is 42.4 Å². The molecule has 1 aromatic heterocycles. The molecule has 2 rings (SSSR count). The molecular weight excluding hydrogens is 289 g/mol. The Bertz CT molecular complexity index is 642. The minimum Gasteiger partial charge on any atom is -0.465 e. The first-order valence-electron chi connectivity index (χ1n) is 5.65. The van der Waals surface area contributed by atoms with Gasteiger partial charge in [-0.25, -0.2) is 14.8 Å². The second kappa shape index (κ2) is 5.78. The highest BCUT2D eigenvalue weighted by Gasteiger charge is 2.31. The van der Waals surface area contributed by atoms with E-state index in [1.165, 1.54) is 31.8 Å². The van der Waals surface area contributed by atoms with Crippen molar-refractivity contribution in [2.75, 3.05) is 7.11 Å². The lowest BCUT2D eigenvalue weighted by Gasteiger charge is -2.10. The molecule has 0 unspecified atom stereocenters. The largest absolute Gasteiger partial charge is 0.573 e. The Morgan fingerprint density at radius 3 is 2.43 bits per heavy atom. The topological polar surface area (TPSA) is 61.3 Å². The summed E-state index contributed by atoms with van der Waals surface area (Å²) in [5.74, 6) is -0.999. The van der Waals surface area contributed by atoms with Crippen LogP contribution in [0.2, 0.25) is 0 Å². The van der Waals surface area contributed by atoms with Crippen molar-refractivity contribution in [2.45, 2.75) is 6.36 Å². The van der Waals surface area contributed by atoms with Gasteiger partial charge in [-0.2, -0.15) is 0 Å². The van der Waals surface area contributed by atoms with Gasteiger partial charge in [-0.1, -0.05) is 0 Å². The van der Waals surface area contributed by atoms with Crippen molar-refractivity contribution in [2.24, 2.45) is 0 Å². The third-order valence-electron chi connectivity index (χ3n) is 2.48. The Kier molecular flexibility index (Phi) is 4.06. The lowest BCUT2D eigenvalue weighted by Crippen LogP contribution is -2.17. The molecule has 0 aliphatic rings. The summed E-state index contributed by atoms with van der Waals surface area (Å²) >= 11 is 0. The molecule has 110 valence electrons. The highest BCUT2D eigenvalue weighted by atomic mass is 19.4. The summed E-state index contributed by atoms with van der Waals surface area (Å²) in [6.07, 6.45) is -2.26. The summed E-state index contributed by atoms with van der Waals surface area (Å²) in [6, 6.07) is 4.98. The Hall–Kier alpha value is -2.64. The molecule has 1 aromatic carbocycles. The van der Waals surface area contributed by atoms with Gasteiger partial charge in [-0.3, -0.25) is 0 Å². The number of aromatic nitrogens is 2. The number of hydrogen-bond donors (Lipinski definition) is 0. The fraction of sp³-hybridized carbons (Fsp3) is 0.154. The monoisotopic (exact) mass is 298 g/mol. The maximum Gasteiger partial charge on any atom is 0.573 e. The van der Waals surface area contributed by atoms with Gasteiger partial charge >= 0.3 is 12.3 Å². The summed E-state index contributed by atoms with van der Waals surface area (Å²) in [5.41, 5.74) is 0.812. The van der Waals surface area contributed by atoms with Gasteiger partial charge in [-0.05, 0) is 24.3 Å². The molecule has 0 radical (unpaired) electrons. The van der Waals surface area contributed by atoms with Crippen molar-refractivity contribution < 1.29 is 27.4 Å². The zero-order chi connectivity index (χ0) is 15.5. The van der Waals surface area contributed by atoms with E-state index in [0.717, 1.165) is 12.1 Å². The standard InChI is InChI=1S/C13H9F3N2O3/c1-20-12(19)10-6-17-7-18-11(10)8-2-4-9(5-3-8)21-13(14,15)16/h2-7H,1H3. The van der Waals surface area contributed by atoms with Gasteiger partial charge in [0, 0.05) is 11.8 Å².